The van der Waals surface area contributed by atoms with Crippen molar-refractivity contribution in [1.29, 1.82) is 0 Å². The summed E-state index contributed by atoms with van der Waals surface area (Å²) in [5.74, 6) is 0.753. The molecule has 0 fully saturated rings. The molecule has 148 valence electrons. The fourth-order valence-electron chi connectivity index (χ4n) is 3.47. The maximum atomic E-state index is 13.2. The van der Waals surface area contributed by atoms with Gasteiger partial charge in [-0.05, 0) is 29.8 Å². The first-order chi connectivity index (χ1) is 13.9. The average Bonchev–Trinajstić information content (AvgIpc) is 3.17. The van der Waals surface area contributed by atoms with Crippen LogP contribution in [-0.2, 0) is 4.79 Å². The Bertz CT molecular complexity index is 1100. The average molecular weight is 388 g/mol. The zero-order valence-corrected chi connectivity index (χ0v) is 17.1. The maximum absolute atomic E-state index is 13.2. The number of rotatable bonds is 3. The number of hydrazone groups is 1. The molecule has 1 amide bonds. The van der Waals surface area contributed by atoms with Crippen LogP contribution in [0.1, 0.15) is 44.4 Å². The summed E-state index contributed by atoms with van der Waals surface area (Å²) < 4.78 is 5.35. The van der Waals surface area contributed by atoms with Gasteiger partial charge in [0.2, 0.25) is 5.91 Å². The lowest BCUT2D eigenvalue weighted by atomic mass is 9.92. The Labute approximate surface area is 170 Å². The number of hydrogen-bond donors (Lipinski definition) is 0. The number of aromatic nitrogens is 2. The van der Waals surface area contributed by atoms with Gasteiger partial charge in [-0.1, -0.05) is 39.0 Å². The molecule has 29 heavy (non-hydrogen) atoms. The highest BCUT2D eigenvalue weighted by molar-refractivity contribution is 6.03. The summed E-state index contributed by atoms with van der Waals surface area (Å²) in [5.41, 5.74) is 3.92. The number of methoxy groups -OCH3 is 1. The first kappa shape index (κ1) is 19.1. The van der Waals surface area contributed by atoms with Crippen LogP contribution in [-0.4, -0.2) is 33.7 Å². The van der Waals surface area contributed by atoms with Crippen molar-refractivity contribution in [2.24, 2.45) is 10.5 Å². The van der Waals surface area contributed by atoms with Crippen LogP contribution in [0.2, 0.25) is 0 Å². The molecule has 0 radical (unpaired) electrons. The van der Waals surface area contributed by atoms with Crippen molar-refractivity contribution in [2.45, 2.75) is 33.2 Å². The van der Waals surface area contributed by atoms with Crippen molar-refractivity contribution in [1.82, 2.24) is 15.0 Å². The standard InChI is InChI=1S/C23H24N4O2/c1-23(2,3)22(28)27-21(16-8-9-18-20(13-16)25-11-10-24-18)14-19(26-27)15-6-5-7-17(12-15)29-4/h5-13,21H,14H2,1-4H3. The van der Waals surface area contributed by atoms with Gasteiger partial charge >= 0.3 is 0 Å². The minimum absolute atomic E-state index is 0.0142. The van der Waals surface area contributed by atoms with E-state index in [0.717, 1.165) is 33.6 Å². The van der Waals surface area contributed by atoms with Gasteiger partial charge in [-0.3, -0.25) is 14.8 Å². The Balaban J connectivity index is 1.76. The van der Waals surface area contributed by atoms with E-state index in [1.165, 1.54) is 0 Å². The second-order valence-corrected chi connectivity index (χ2v) is 8.20. The first-order valence-corrected chi connectivity index (χ1v) is 9.63. The Morgan fingerprint density at radius 3 is 2.55 bits per heavy atom. The largest absolute Gasteiger partial charge is 0.497 e. The molecule has 2 aromatic carbocycles. The molecule has 4 rings (SSSR count). The number of nitrogens with zero attached hydrogens (tertiary/aromatic N) is 4. The van der Waals surface area contributed by atoms with E-state index in [4.69, 9.17) is 9.84 Å². The van der Waals surface area contributed by atoms with Crippen LogP contribution in [0.4, 0.5) is 0 Å². The highest BCUT2D eigenvalue weighted by Gasteiger charge is 2.38. The minimum Gasteiger partial charge on any atom is -0.497 e. The molecule has 1 atom stereocenters. The van der Waals surface area contributed by atoms with Crippen molar-refractivity contribution in [2.75, 3.05) is 7.11 Å². The van der Waals surface area contributed by atoms with E-state index in [0.29, 0.717) is 6.42 Å². The number of amides is 1. The van der Waals surface area contributed by atoms with Crippen molar-refractivity contribution < 1.29 is 9.53 Å². The van der Waals surface area contributed by atoms with E-state index in [9.17, 15) is 4.79 Å². The lowest BCUT2D eigenvalue weighted by molar-refractivity contribution is -0.141. The van der Waals surface area contributed by atoms with Gasteiger partial charge in [-0.2, -0.15) is 5.10 Å². The third-order valence-corrected chi connectivity index (χ3v) is 5.04. The molecule has 0 saturated heterocycles. The molecule has 0 saturated carbocycles. The Hall–Kier alpha value is -3.28. The minimum atomic E-state index is -0.539. The van der Waals surface area contributed by atoms with Crippen LogP contribution < -0.4 is 4.74 Å². The predicted molar refractivity (Wildman–Crippen MR) is 113 cm³/mol. The van der Waals surface area contributed by atoms with E-state index in [2.05, 4.69) is 9.97 Å². The molecule has 6 heteroatoms. The monoisotopic (exact) mass is 388 g/mol. The van der Waals surface area contributed by atoms with E-state index in [1.54, 1.807) is 24.5 Å². The van der Waals surface area contributed by atoms with Crippen LogP contribution in [0.15, 0.2) is 60.0 Å². The summed E-state index contributed by atoms with van der Waals surface area (Å²) in [5, 5.41) is 6.38. The van der Waals surface area contributed by atoms with Gasteiger partial charge in [-0.25, -0.2) is 5.01 Å². The first-order valence-electron chi connectivity index (χ1n) is 9.63. The number of ether oxygens (including phenoxy) is 1. The summed E-state index contributed by atoms with van der Waals surface area (Å²) in [6.45, 7) is 5.74. The van der Waals surface area contributed by atoms with E-state index < -0.39 is 5.41 Å². The Kier molecular flexibility index (Phi) is 4.78. The molecule has 0 spiro atoms. The predicted octanol–water partition coefficient (Wildman–Crippen LogP) is 4.36. The number of fused-ring (bicyclic) bond motifs is 1. The summed E-state index contributed by atoms with van der Waals surface area (Å²) in [7, 11) is 1.64. The summed E-state index contributed by atoms with van der Waals surface area (Å²) in [6.07, 6.45) is 3.98. The normalized spacial score (nSPS) is 16.8. The lowest BCUT2D eigenvalue weighted by Gasteiger charge is -2.28. The molecule has 2 heterocycles. The SMILES string of the molecule is COc1cccc(C2=NN(C(=O)C(C)(C)C)C(c3ccc4nccnc4c3)C2)c1. The van der Waals surface area contributed by atoms with Gasteiger partial charge in [0.1, 0.15) is 5.75 Å². The third kappa shape index (κ3) is 3.70. The zero-order valence-electron chi connectivity index (χ0n) is 17.1. The molecule has 1 aliphatic heterocycles. The van der Waals surface area contributed by atoms with Gasteiger partial charge in [0.05, 0.1) is 29.9 Å². The van der Waals surface area contributed by atoms with Gasteiger partial charge in [0.15, 0.2) is 0 Å². The molecule has 1 aromatic heterocycles. The number of hydrogen-bond acceptors (Lipinski definition) is 5. The highest BCUT2D eigenvalue weighted by atomic mass is 16.5. The maximum Gasteiger partial charge on any atom is 0.248 e. The van der Waals surface area contributed by atoms with Gasteiger partial charge in [0, 0.05) is 29.8 Å². The molecule has 0 bridgehead atoms. The second kappa shape index (κ2) is 7.28. The van der Waals surface area contributed by atoms with Crippen LogP contribution >= 0.6 is 0 Å². The second-order valence-electron chi connectivity index (χ2n) is 8.20. The topological polar surface area (TPSA) is 67.7 Å². The van der Waals surface area contributed by atoms with Crippen LogP contribution in [0.3, 0.4) is 0 Å². The van der Waals surface area contributed by atoms with Crippen LogP contribution in [0.25, 0.3) is 11.0 Å². The fraction of sp³-hybridized carbons (Fsp3) is 0.304. The van der Waals surface area contributed by atoms with Gasteiger partial charge < -0.3 is 4.74 Å². The van der Waals surface area contributed by atoms with Crippen molar-refractivity contribution >= 4 is 22.7 Å². The molecule has 3 aromatic rings. The highest BCUT2D eigenvalue weighted by Crippen LogP contribution is 2.37. The van der Waals surface area contributed by atoms with Crippen LogP contribution in [0, 0.1) is 5.41 Å². The molecule has 1 unspecified atom stereocenters. The summed E-state index contributed by atoms with van der Waals surface area (Å²) in [4.78, 5) is 21.9. The molecule has 6 nitrogen and oxygen atoms in total. The molecule has 1 aliphatic rings. The summed E-state index contributed by atoms with van der Waals surface area (Å²) in [6, 6.07) is 13.6. The molecule has 0 N–H and O–H groups in total. The number of carbonyl (C=O) groups excluding carboxylic acids is 1. The quantitative estimate of drug-likeness (QED) is 0.668. The van der Waals surface area contributed by atoms with E-state index >= 15 is 0 Å². The Morgan fingerprint density at radius 1 is 1.07 bits per heavy atom. The van der Waals surface area contributed by atoms with E-state index in [1.807, 2.05) is 63.2 Å². The molecular weight excluding hydrogens is 364 g/mol. The molecular formula is C23H24N4O2. The third-order valence-electron chi connectivity index (χ3n) is 5.04. The van der Waals surface area contributed by atoms with Gasteiger partial charge in [-0.15, -0.1) is 0 Å². The van der Waals surface area contributed by atoms with Crippen molar-refractivity contribution in [3.8, 4) is 5.75 Å². The zero-order chi connectivity index (χ0) is 20.6. The lowest BCUT2D eigenvalue weighted by Crippen LogP contribution is -2.36. The number of benzene rings is 2. The van der Waals surface area contributed by atoms with Crippen LogP contribution in [0.5, 0.6) is 5.75 Å². The number of carbonyl (C=O) groups is 1. The van der Waals surface area contributed by atoms with Crippen molar-refractivity contribution in [3.05, 3.63) is 66.0 Å². The van der Waals surface area contributed by atoms with Gasteiger partial charge in [0.25, 0.3) is 0 Å². The molecule has 0 aliphatic carbocycles. The smallest absolute Gasteiger partial charge is 0.248 e. The summed E-state index contributed by atoms with van der Waals surface area (Å²) >= 11 is 0. The Morgan fingerprint density at radius 2 is 1.83 bits per heavy atom. The van der Waals surface area contributed by atoms with E-state index in [-0.39, 0.29) is 11.9 Å². The fourth-order valence-corrected chi connectivity index (χ4v) is 3.47. The van der Waals surface area contributed by atoms with Crippen molar-refractivity contribution in [3.63, 3.8) is 0 Å².